The standard InChI is InChI=1S/C19H19ClN4O2/c1-21-17-14(10-22-18-16(17)15(20)11-23-18)12-2-4-13(5-3-12)19(25)24-6-8-26-9-7-24/h2-5,10-11H,6-9H2,1H3,(H2,21,22,23). The third-order valence-electron chi connectivity index (χ3n) is 4.64. The minimum absolute atomic E-state index is 0.0379. The van der Waals surface area contributed by atoms with Crippen LogP contribution in [0.25, 0.3) is 22.2 Å². The summed E-state index contributed by atoms with van der Waals surface area (Å²) in [6.07, 6.45) is 3.54. The van der Waals surface area contributed by atoms with E-state index in [9.17, 15) is 4.79 Å². The number of H-pyrrole nitrogens is 1. The zero-order chi connectivity index (χ0) is 18.1. The molecule has 26 heavy (non-hydrogen) atoms. The molecule has 0 unspecified atom stereocenters. The van der Waals surface area contributed by atoms with E-state index in [0.29, 0.717) is 36.9 Å². The van der Waals surface area contributed by atoms with Gasteiger partial charge >= 0.3 is 0 Å². The molecule has 0 spiro atoms. The van der Waals surface area contributed by atoms with Crippen molar-refractivity contribution in [3.8, 4) is 11.1 Å². The lowest BCUT2D eigenvalue weighted by molar-refractivity contribution is 0.0303. The van der Waals surface area contributed by atoms with Crippen LogP contribution in [-0.2, 0) is 4.74 Å². The maximum atomic E-state index is 12.6. The summed E-state index contributed by atoms with van der Waals surface area (Å²) in [5, 5.41) is 4.70. The number of hydrogen-bond acceptors (Lipinski definition) is 4. The summed E-state index contributed by atoms with van der Waals surface area (Å²) in [7, 11) is 1.86. The van der Waals surface area contributed by atoms with Crippen LogP contribution in [0.5, 0.6) is 0 Å². The van der Waals surface area contributed by atoms with Gasteiger partial charge in [0, 0.05) is 43.7 Å². The lowest BCUT2D eigenvalue weighted by Crippen LogP contribution is -2.40. The maximum absolute atomic E-state index is 12.6. The number of ether oxygens (including phenoxy) is 1. The summed E-state index contributed by atoms with van der Waals surface area (Å²) < 4.78 is 5.31. The van der Waals surface area contributed by atoms with E-state index < -0.39 is 0 Å². The minimum Gasteiger partial charge on any atom is -0.387 e. The van der Waals surface area contributed by atoms with Gasteiger partial charge in [0.15, 0.2) is 0 Å². The molecule has 1 aromatic carbocycles. The molecule has 6 nitrogen and oxygen atoms in total. The van der Waals surface area contributed by atoms with Crippen LogP contribution in [0.1, 0.15) is 10.4 Å². The van der Waals surface area contributed by atoms with Crippen molar-refractivity contribution < 1.29 is 9.53 Å². The average Bonchev–Trinajstić information content (AvgIpc) is 3.08. The molecule has 1 aliphatic heterocycles. The van der Waals surface area contributed by atoms with Gasteiger partial charge in [0.25, 0.3) is 5.91 Å². The number of rotatable bonds is 3. The van der Waals surface area contributed by atoms with Gasteiger partial charge in [0.1, 0.15) is 5.65 Å². The number of morpholine rings is 1. The Morgan fingerprint density at radius 1 is 1.27 bits per heavy atom. The molecule has 0 radical (unpaired) electrons. The number of anilines is 1. The number of nitrogens with one attached hydrogen (secondary N) is 2. The summed E-state index contributed by atoms with van der Waals surface area (Å²) in [5.74, 6) is 0.0379. The number of carbonyl (C=O) groups is 1. The van der Waals surface area contributed by atoms with E-state index in [4.69, 9.17) is 16.3 Å². The monoisotopic (exact) mass is 370 g/mol. The van der Waals surface area contributed by atoms with Gasteiger partial charge in [-0.3, -0.25) is 4.79 Å². The third-order valence-corrected chi connectivity index (χ3v) is 4.94. The van der Waals surface area contributed by atoms with Crippen LogP contribution in [-0.4, -0.2) is 54.1 Å². The molecule has 7 heteroatoms. The van der Waals surface area contributed by atoms with Crippen molar-refractivity contribution in [3.05, 3.63) is 47.2 Å². The molecule has 1 fully saturated rings. The Labute approximate surface area is 156 Å². The van der Waals surface area contributed by atoms with Gasteiger partial charge in [-0.1, -0.05) is 23.7 Å². The highest BCUT2D eigenvalue weighted by atomic mass is 35.5. The highest BCUT2D eigenvalue weighted by Crippen LogP contribution is 2.36. The average molecular weight is 371 g/mol. The van der Waals surface area contributed by atoms with Crippen molar-refractivity contribution >= 4 is 34.2 Å². The third kappa shape index (κ3) is 2.91. The molecule has 1 aliphatic rings. The highest BCUT2D eigenvalue weighted by Gasteiger charge is 2.19. The van der Waals surface area contributed by atoms with Gasteiger partial charge in [-0.05, 0) is 17.7 Å². The quantitative estimate of drug-likeness (QED) is 0.741. The molecule has 0 bridgehead atoms. The van der Waals surface area contributed by atoms with Crippen molar-refractivity contribution in [1.82, 2.24) is 14.9 Å². The molecular weight excluding hydrogens is 352 g/mol. The molecule has 4 rings (SSSR count). The molecule has 2 aromatic heterocycles. The summed E-state index contributed by atoms with van der Waals surface area (Å²) in [6.45, 7) is 2.46. The number of pyridine rings is 1. The fourth-order valence-electron chi connectivity index (χ4n) is 3.28. The van der Waals surface area contributed by atoms with Gasteiger partial charge < -0.3 is 19.9 Å². The largest absolute Gasteiger partial charge is 0.387 e. The second-order valence-electron chi connectivity index (χ2n) is 6.14. The Bertz CT molecular complexity index is 946. The van der Waals surface area contributed by atoms with Crippen LogP contribution in [0.4, 0.5) is 5.69 Å². The van der Waals surface area contributed by atoms with E-state index in [1.54, 1.807) is 12.4 Å². The van der Waals surface area contributed by atoms with E-state index in [-0.39, 0.29) is 5.91 Å². The first-order valence-electron chi connectivity index (χ1n) is 8.50. The van der Waals surface area contributed by atoms with E-state index in [0.717, 1.165) is 27.8 Å². The predicted molar refractivity (Wildman–Crippen MR) is 103 cm³/mol. The number of aromatic amines is 1. The zero-order valence-corrected chi connectivity index (χ0v) is 15.1. The smallest absolute Gasteiger partial charge is 0.254 e. The fourth-order valence-corrected chi connectivity index (χ4v) is 3.52. The van der Waals surface area contributed by atoms with Crippen molar-refractivity contribution in [3.63, 3.8) is 0 Å². The number of benzene rings is 1. The maximum Gasteiger partial charge on any atom is 0.254 e. The van der Waals surface area contributed by atoms with Crippen LogP contribution >= 0.6 is 11.6 Å². The molecular formula is C19H19ClN4O2. The van der Waals surface area contributed by atoms with E-state index in [1.165, 1.54) is 0 Å². The molecule has 3 aromatic rings. The summed E-state index contributed by atoms with van der Waals surface area (Å²) in [4.78, 5) is 21.9. The van der Waals surface area contributed by atoms with Gasteiger partial charge in [0.2, 0.25) is 0 Å². The zero-order valence-electron chi connectivity index (χ0n) is 14.4. The van der Waals surface area contributed by atoms with Gasteiger partial charge in [0.05, 0.1) is 29.3 Å². The van der Waals surface area contributed by atoms with Gasteiger partial charge in [-0.25, -0.2) is 4.98 Å². The van der Waals surface area contributed by atoms with Crippen LogP contribution in [0.2, 0.25) is 5.02 Å². The molecule has 3 heterocycles. The van der Waals surface area contributed by atoms with Crippen molar-refractivity contribution in [2.75, 3.05) is 38.7 Å². The van der Waals surface area contributed by atoms with Crippen LogP contribution in [0.15, 0.2) is 36.7 Å². The molecule has 0 saturated carbocycles. The number of fused-ring (bicyclic) bond motifs is 1. The van der Waals surface area contributed by atoms with E-state index in [1.807, 2.05) is 36.2 Å². The van der Waals surface area contributed by atoms with E-state index >= 15 is 0 Å². The Kier molecular flexibility index (Phi) is 4.53. The highest BCUT2D eigenvalue weighted by molar-refractivity contribution is 6.36. The number of carbonyl (C=O) groups excluding carboxylic acids is 1. The number of halogens is 1. The predicted octanol–water partition coefficient (Wildman–Crippen LogP) is 3.40. The summed E-state index contributed by atoms with van der Waals surface area (Å²) >= 11 is 6.30. The lowest BCUT2D eigenvalue weighted by Gasteiger charge is -2.26. The van der Waals surface area contributed by atoms with E-state index in [2.05, 4.69) is 15.3 Å². The molecule has 134 valence electrons. The van der Waals surface area contributed by atoms with Crippen molar-refractivity contribution in [1.29, 1.82) is 0 Å². The number of hydrogen-bond donors (Lipinski definition) is 2. The lowest BCUT2D eigenvalue weighted by atomic mass is 10.0. The normalized spacial score (nSPS) is 14.6. The molecule has 2 N–H and O–H groups in total. The topological polar surface area (TPSA) is 70.2 Å². The summed E-state index contributed by atoms with van der Waals surface area (Å²) in [6, 6.07) is 7.60. The Balaban J connectivity index is 1.67. The molecule has 0 aliphatic carbocycles. The van der Waals surface area contributed by atoms with Crippen molar-refractivity contribution in [2.24, 2.45) is 0 Å². The number of nitrogens with zero attached hydrogens (tertiary/aromatic N) is 2. The Morgan fingerprint density at radius 3 is 2.69 bits per heavy atom. The van der Waals surface area contributed by atoms with Crippen LogP contribution < -0.4 is 5.32 Å². The first-order valence-corrected chi connectivity index (χ1v) is 8.87. The minimum atomic E-state index is 0.0379. The Morgan fingerprint density at radius 2 is 2.00 bits per heavy atom. The van der Waals surface area contributed by atoms with Gasteiger partial charge in [-0.15, -0.1) is 0 Å². The fraction of sp³-hybridized carbons (Fsp3) is 0.263. The molecule has 1 saturated heterocycles. The second-order valence-corrected chi connectivity index (χ2v) is 6.55. The molecule has 1 amide bonds. The first-order chi connectivity index (χ1) is 12.7. The van der Waals surface area contributed by atoms with Crippen molar-refractivity contribution in [2.45, 2.75) is 0 Å². The second kappa shape index (κ2) is 6.97. The van der Waals surface area contributed by atoms with Crippen LogP contribution in [0.3, 0.4) is 0 Å². The number of aromatic nitrogens is 2. The van der Waals surface area contributed by atoms with Crippen LogP contribution in [0, 0.1) is 0 Å². The number of amides is 1. The van der Waals surface area contributed by atoms with Gasteiger partial charge in [-0.2, -0.15) is 0 Å². The summed E-state index contributed by atoms with van der Waals surface area (Å²) in [5.41, 5.74) is 4.23. The molecule has 0 atom stereocenters. The Hall–Kier alpha value is -2.57. The first kappa shape index (κ1) is 16.9. The SMILES string of the molecule is CNc1c(-c2ccc(C(=O)N3CCOCC3)cc2)cnc2[nH]cc(Cl)c12.